The highest BCUT2D eigenvalue weighted by molar-refractivity contribution is 6.29. The lowest BCUT2D eigenvalue weighted by molar-refractivity contribution is 0.869. The molecule has 15 heteroatoms. The van der Waals surface area contributed by atoms with E-state index in [1.54, 1.807) is 7.85 Å². The van der Waals surface area contributed by atoms with Crippen molar-refractivity contribution in [2.24, 2.45) is 5.11 Å². The van der Waals surface area contributed by atoms with Crippen LogP contribution in [0.1, 0.15) is 0 Å². The first-order valence-electron chi connectivity index (χ1n) is 5.53. The van der Waals surface area contributed by atoms with E-state index in [1.165, 1.54) is 0 Å². The normalized spacial score (nSPS) is 10.3. The Morgan fingerprint density at radius 3 is 1.95 bits per heavy atom. The van der Waals surface area contributed by atoms with Gasteiger partial charge in [-0.05, 0) is 0 Å². The van der Waals surface area contributed by atoms with Gasteiger partial charge in [0.15, 0.2) is 7.85 Å². The summed E-state index contributed by atoms with van der Waals surface area (Å²) in [5.74, 6) is 0.834. The van der Waals surface area contributed by atoms with Crippen LogP contribution in [0.4, 0.5) is 29.7 Å². The fourth-order valence-electron chi connectivity index (χ4n) is 1.30. The van der Waals surface area contributed by atoms with Crippen LogP contribution in [-0.2, 0) is 0 Å². The van der Waals surface area contributed by atoms with Gasteiger partial charge in [-0.3, -0.25) is 10.6 Å². The van der Waals surface area contributed by atoms with Gasteiger partial charge in [-0.25, -0.2) is 20.7 Å². The lowest BCUT2D eigenvalue weighted by atomic mass is 10.1. The molecule has 3 heterocycles. The Morgan fingerprint density at radius 2 is 1.48 bits per heavy atom. The summed E-state index contributed by atoms with van der Waals surface area (Å²) in [6, 6.07) is 0. The lowest BCUT2D eigenvalue weighted by Crippen LogP contribution is -2.08. The fraction of sp³-hybridized carbons (Fsp3) is 0. The highest BCUT2D eigenvalue weighted by Gasteiger charge is 2.07. The van der Waals surface area contributed by atoms with Crippen molar-refractivity contribution >= 4 is 43.3 Å². The number of aromatic amines is 2. The Hall–Kier alpha value is -3.52. The van der Waals surface area contributed by atoms with Gasteiger partial charge in [0, 0.05) is 0 Å². The summed E-state index contributed by atoms with van der Waals surface area (Å²) in [5.41, 5.74) is 7.33. The van der Waals surface area contributed by atoms with Crippen LogP contribution in [0.2, 0.25) is 0 Å². The van der Waals surface area contributed by atoms with Gasteiger partial charge < -0.3 is 0 Å². The van der Waals surface area contributed by atoms with Gasteiger partial charge in [-0.2, -0.15) is 10.1 Å². The number of nitrogens with zero attached hydrogens (tertiary/aromatic N) is 9. The van der Waals surface area contributed by atoms with Gasteiger partial charge in [0.1, 0.15) is 5.72 Å². The molecular formula is C6H7BN14. The molecule has 0 spiro atoms. The van der Waals surface area contributed by atoms with E-state index in [9.17, 15) is 0 Å². The van der Waals surface area contributed by atoms with Gasteiger partial charge >= 0.3 is 0 Å². The molecule has 0 unspecified atom stereocenters. The second-order valence-electron chi connectivity index (χ2n) is 3.62. The van der Waals surface area contributed by atoms with Crippen molar-refractivity contribution in [3.05, 3.63) is 0 Å². The summed E-state index contributed by atoms with van der Waals surface area (Å²) >= 11 is 0. The topological polar surface area (TPSA) is 195 Å². The summed E-state index contributed by atoms with van der Waals surface area (Å²) in [4.78, 5) is 7.84. The van der Waals surface area contributed by atoms with Crippen LogP contribution >= 0.6 is 0 Å². The molecular weight excluding hydrogens is 279 g/mol. The third kappa shape index (κ3) is 2.91. The number of anilines is 4. The Bertz CT molecular complexity index is 743. The van der Waals surface area contributed by atoms with E-state index in [1.807, 2.05) is 0 Å². The molecule has 0 fully saturated rings. The zero-order valence-electron chi connectivity index (χ0n) is 10.5. The molecule has 0 amide bonds. The highest BCUT2D eigenvalue weighted by atomic mass is 15.4. The highest BCUT2D eigenvalue weighted by Crippen LogP contribution is 2.10. The van der Waals surface area contributed by atoms with Gasteiger partial charge in [-0.15, -0.1) is 30.6 Å². The molecule has 0 atom stereocenters. The summed E-state index contributed by atoms with van der Waals surface area (Å²) < 4.78 is 0. The van der Waals surface area contributed by atoms with Crippen LogP contribution in [0.25, 0.3) is 0 Å². The Morgan fingerprint density at radius 1 is 0.905 bits per heavy atom. The van der Waals surface area contributed by atoms with Crippen molar-refractivity contribution < 1.29 is 0 Å². The summed E-state index contributed by atoms with van der Waals surface area (Å²) in [7, 11) is 1.74. The van der Waals surface area contributed by atoms with Crippen LogP contribution in [-0.4, -0.2) is 58.6 Å². The van der Waals surface area contributed by atoms with Crippen LogP contribution in [0, 0.1) is 5.53 Å². The Labute approximate surface area is 116 Å². The maximum atomic E-state index is 6.75. The molecule has 0 radical (unpaired) electrons. The largest absolute Gasteiger partial charge is 0.290 e. The van der Waals surface area contributed by atoms with Crippen molar-refractivity contribution in [3.63, 3.8) is 0 Å². The molecule has 3 rings (SSSR count). The molecule has 104 valence electrons. The minimum atomic E-state index is -0.0163. The molecule has 0 saturated heterocycles. The lowest BCUT2D eigenvalue weighted by Gasteiger charge is -2.00. The molecule has 0 bridgehead atoms. The average molecular weight is 286 g/mol. The molecule has 0 aromatic carbocycles. The maximum absolute atomic E-state index is 6.75. The number of nitrogens with one attached hydrogen (secondary N) is 5. The van der Waals surface area contributed by atoms with Crippen LogP contribution in [0.3, 0.4) is 0 Å². The molecule has 14 nitrogen and oxygen atoms in total. The zero-order chi connectivity index (χ0) is 14.7. The number of aromatic nitrogens is 10. The number of rotatable bonds is 5. The molecule has 0 aliphatic heterocycles. The molecule has 0 aliphatic carbocycles. The average Bonchev–Trinajstić information content (AvgIpc) is 3.10. The predicted octanol–water partition coefficient (Wildman–Crippen LogP) is -2.09. The van der Waals surface area contributed by atoms with Crippen LogP contribution < -0.4 is 16.4 Å². The van der Waals surface area contributed by atoms with Crippen molar-refractivity contribution in [2.45, 2.75) is 0 Å². The monoisotopic (exact) mass is 286 g/mol. The number of hydrogen-bond acceptors (Lipinski definition) is 12. The number of H-pyrrole nitrogens is 2. The zero-order valence-corrected chi connectivity index (χ0v) is 10.5. The Balaban J connectivity index is 1.67. The molecule has 0 saturated carbocycles. The fourth-order valence-corrected chi connectivity index (χ4v) is 1.30. The van der Waals surface area contributed by atoms with Crippen molar-refractivity contribution in [2.75, 3.05) is 10.6 Å². The minimum Gasteiger partial charge on any atom is -0.290 e. The maximum Gasteiger partial charge on any atom is 0.288 e. The third-order valence-corrected chi connectivity index (χ3v) is 2.11. The van der Waals surface area contributed by atoms with Gasteiger partial charge in [0.05, 0.1) is 0 Å². The summed E-state index contributed by atoms with van der Waals surface area (Å²) in [5, 5.41) is 36.3. The van der Waals surface area contributed by atoms with Crippen LogP contribution in [0.15, 0.2) is 5.11 Å². The molecule has 3 aromatic rings. The van der Waals surface area contributed by atoms with E-state index < -0.39 is 0 Å². The molecule has 5 N–H and O–H groups in total. The smallest absolute Gasteiger partial charge is 0.288 e. The third-order valence-electron chi connectivity index (χ3n) is 2.11. The van der Waals surface area contributed by atoms with Crippen LogP contribution in [0.5, 0.6) is 0 Å². The van der Waals surface area contributed by atoms with E-state index in [2.05, 4.69) is 66.5 Å². The minimum absolute atomic E-state index is 0.0163. The Kier molecular flexibility index (Phi) is 3.12. The summed E-state index contributed by atoms with van der Waals surface area (Å²) in [6.07, 6.45) is 0. The quantitative estimate of drug-likeness (QED) is 0.256. The SMILES string of the molecule is Bc1n[nH]c(Nc2nnc(Nc3nc(N=N)n[nH]3)nn2)n1. The first kappa shape index (κ1) is 12.5. The number of hydrogen-bond donors (Lipinski definition) is 5. The van der Waals surface area contributed by atoms with Gasteiger partial charge in [-0.1, -0.05) is 0 Å². The second kappa shape index (κ2) is 5.23. The predicted molar refractivity (Wildman–Crippen MR) is 69.9 cm³/mol. The van der Waals surface area contributed by atoms with E-state index in [-0.39, 0.29) is 23.8 Å². The van der Waals surface area contributed by atoms with E-state index in [0.717, 1.165) is 0 Å². The van der Waals surface area contributed by atoms with Gasteiger partial charge in [0.2, 0.25) is 11.9 Å². The van der Waals surface area contributed by atoms with E-state index in [4.69, 9.17) is 5.53 Å². The van der Waals surface area contributed by atoms with Gasteiger partial charge in [0.25, 0.3) is 17.8 Å². The van der Waals surface area contributed by atoms with E-state index >= 15 is 0 Å². The first-order valence-corrected chi connectivity index (χ1v) is 5.53. The van der Waals surface area contributed by atoms with Crippen molar-refractivity contribution in [1.29, 1.82) is 5.53 Å². The van der Waals surface area contributed by atoms with E-state index in [0.29, 0.717) is 11.7 Å². The molecule has 3 aromatic heterocycles. The van der Waals surface area contributed by atoms with Crippen molar-refractivity contribution in [3.8, 4) is 0 Å². The standard InChI is InChI=1S/C6H7BN14/c7-1-9-2(15-14-1)11-5-18-20-6(21-19-5)12-3-10-4(13-8)17-16-3/h8H,7H2,(H2,9,11,14,15,18,19)(H2,10,12,16,17,20,21). The summed E-state index contributed by atoms with van der Waals surface area (Å²) in [6.45, 7) is 0. The second-order valence-corrected chi connectivity index (χ2v) is 3.62. The molecule has 21 heavy (non-hydrogen) atoms. The molecule has 0 aliphatic rings. The van der Waals surface area contributed by atoms with Crippen molar-refractivity contribution in [1.82, 2.24) is 50.8 Å². The first-order chi connectivity index (χ1) is 10.2.